The summed E-state index contributed by atoms with van der Waals surface area (Å²) in [5.74, 6) is -0.387. The average molecular weight is 520 g/mol. The van der Waals surface area contributed by atoms with E-state index < -0.39 is 9.96 Å². The molecule has 4 rings (SSSR count). The van der Waals surface area contributed by atoms with E-state index in [0.29, 0.717) is 18.2 Å². The van der Waals surface area contributed by atoms with E-state index in [9.17, 15) is 4.79 Å². The average Bonchev–Trinajstić information content (AvgIpc) is 2.81. The molecule has 33 heavy (non-hydrogen) atoms. The molecular formula is C24H21Cl3N4OS. The van der Waals surface area contributed by atoms with E-state index in [0.717, 1.165) is 28.6 Å². The third-order valence-electron chi connectivity index (χ3n) is 5.29. The van der Waals surface area contributed by atoms with Crippen molar-refractivity contribution in [3.05, 3.63) is 78.5 Å². The van der Waals surface area contributed by atoms with Gasteiger partial charge >= 0.3 is 0 Å². The fraction of sp³-hybridized carbons (Fsp3) is 0.208. The van der Waals surface area contributed by atoms with Crippen LogP contribution in [-0.2, 0) is 4.79 Å². The molecular weight excluding hydrogens is 499 g/mol. The van der Waals surface area contributed by atoms with Crippen molar-refractivity contribution in [3.63, 3.8) is 0 Å². The Morgan fingerprint density at radius 2 is 1.82 bits per heavy atom. The Kier molecular flexibility index (Phi) is 7.39. The highest BCUT2D eigenvalue weighted by molar-refractivity contribution is 7.80. The summed E-state index contributed by atoms with van der Waals surface area (Å²) >= 11 is 24.7. The third-order valence-corrected chi connectivity index (χ3v) is 6.36. The lowest BCUT2D eigenvalue weighted by Crippen LogP contribution is -2.62. The summed E-state index contributed by atoms with van der Waals surface area (Å²) in [5, 5.41) is 4.28. The fourth-order valence-electron chi connectivity index (χ4n) is 3.77. The first-order valence-electron chi connectivity index (χ1n) is 10.4. The van der Waals surface area contributed by atoms with Crippen molar-refractivity contribution in [2.24, 2.45) is 0 Å². The molecule has 0 radical (unpaired) electrons. The van der Waals surface area contributed by atoms with Crippen molar-refractivity contribution in [3.8, 4) is 0 Å². The number of hydrogen-bond acceptors (Lipinski definition) is 3. The summed E-state index contributed by atoms with van der Waals surface area (Å²) in [6.45, 7) is 1.23. The number of amides is 1. The van der Waals surface area contributed by atoms with Gasteiger partial charge in [-0.25, -0.2) is 0 Å². The fourth-order valence-corrected chi connectivity index (χ4v) is 4.67. The van der Waals surface area contributed by atoms with Gasteiger partial charge < -0.3 is 15.1 Å². The minimum Gasteiger partial charge on any atom is -0.328 e. The van der Waals surface area contributed by atoms with Crippen molar-refractivity contribution in [2.75, 3.05) is 18.0 Å². The van der Waals surface area contributed by atoms with Crippen LogP contribution in [0.5, 0.6) is 0 Å². The number of hydrogen-bond donors (Lipinski definition) is 1. The number of para-hydroxylation sites is 1. The van der Waals surface area contributed by atoms with Crippen molar-refractivity contribution >= 4 is 80.7 Å². The summed E-state index contributed by atoms with van der Waals surface area (Å²) < 4.78 is -1.81. The molecule has 1 aromatic heterocycles. The Morgan fingerprint density at radius 3 is 2.58 bits per heavy atom. The van der Waals surface area contributed by atoms with Crippen LogP contribution in [0.25, 0.3) is 17.0 Å². The molecule has 0 bridgehead atoms. The van der Waals surface area contributed by atoms with Gasteiger partial charge in [-0.2, -0.15) is 0 Å². The zero-order valence-corrected chi connectivity index (χ0v) is 20.6. The molecule has 1 unspecified atom stereocenters. The molecule has 1 fully saturated rings. The number of alkyl halides is 3. The Hall–Kier alpha value is -2.38. The normalized spacial score (nSPS) is 15.8. The second kappa shape index (κ2) is 10.3. The first-order valence-corrected chi connectivity index (χ1v) is 11.9. The van der Waals surface area contributed by atoms with Crippen molar-refractivity contribution in [1.82, 2.24) is 15.2 Å². The van der Waals surface area contributed by atoms with Crippen molar-refractivity contribution < 1.29 is 4.79 Å². The molecule has 5 nitrogen and oxygen atoms in total. The Labute approximate surface area is 212 Å². The quantitative estimate of drug-likeness (QED) is 0.272. The van der Waals surface area contributed by atoms with Gasteiger partial charge in [0.2, 0.25) is 9.70 Å². The summed E-state index contributed by atoms with van der Waals surface area (Å²) in [6, 6.07) is 19.3. The molecule has 9 heteroatoms. The minimum absolute atomic E-state index is 0.387. The maximum Gasteiger partial charge on any atom is 0.245 e. The summed E-state index contributed by atoms with van der Waals surface area (Å²) in [5.41, 5.74) is 2.60. The predicted octanol–water partition coefficient (Wildman–Crippen LogP) is 5.56. The number of fused-ring (bicyclic) bond motifs is 1. The van der Waals surface area contributed by atoms with Crippen LogP contribution in [0.15, 0.2) is 72.9 Å². The smallest absolute Gasteiger partial charge is 0.245 e. The molecule has 0 saturated carbocycles. The predicted molar refractivity (Wildman–Crippen MR) is 141 cm³/mol. The molecule has 3 aromatic rings. The number of aromatic nitrogens is 1. The summed E-state index contributed by atoms with van der Waals surface area (Å²) in [4.78, 5) is 20.9. The van der Waals surface area contributed by atoms with Crippen LogP contribution in [0.2, 0.25) is 0 Å². The van der Waals surface area contributed by atoms with Crippen molar-refractivity contribution in [1.29, 1.82) is 0 Å². The van der Waals surface area contributed by atoms with Gasteiger partial charge in [0.15, 0.2) is 11.3 Å². The first-order chi connectivity index (χ1) is 15.8. The van der Waals surface area contributed by atoms with Gasteiger partial charge in [0, 0.05) is 30.7 Å². The lowest BCUT2D eigenvalue weighted by atomic mass is 10.1. The van der Waals surface area contributed by atoms with Crippen LogP contribution in [0.4, 0.5) is 5.69 Å². The van der Waals surface area contributed by atoms with Crippen LogP contribution < -0.4 is 10.2 Å². The van der Waals surface area contributed by atoms with E-state index in [4.69, 9.17) is 47.0 Å². The van der Waals surface area contributed by atoms with Gasteiger partial charge in [0.25, 0.3) is 0 Å². The monoisotopic (exact) mass is 518 g/mol. The van der Waals surface area contributed by atoms with Crippen LogP contribution in [0.1, 0.15) is 12.0 Å². The number of anilines is 1. The lowest BCUT2D eigenvalue weighted by molar-refractivity contribution is -0.117. The topological polar surface area (TPSA) is 48.5 Å². The number of pyridine rings is 1. The van der Waals surface area contributed by atoms with Gasteiger partial charge in [-0.1, -0.05) is 83.3 Å². The molecule has 1 saturated heterocycles. The van der Waals surface area contributed by atoms with Gasteiger partial charge in [-0.3, -0.25) is 9.78 Å². The second-order valence-corrected chi connectivity index (χ2v) is 10.3. The SMILES string of the molecule is O=C(/C=C/c1ccccc1)NC(N1CCCN(c2cccc3cccnc23)C1=S)C(Cl)(Cl)Cl. The zero-order valence-electron chi connectivity index (χ0n) is 17.5. The Balaban J connectivity index is 1.58. The Morgan fingerprint density at radius 1 is 1.06 bits per heavy atom. The number of halogens is 3. The molecule has 2 aromatic carbocycles. The Bertz CT molecular complexity index is 1180. The highest BCUT2D eigenvalue weighted by atomic mass is 35.6. The number of nitrogens with one attached hydrogen (secondary N) is 1. The van der Waals surface area contributed by atoms with E-state index in [2.05, 4.69) is 10.3 Å². The molecule has 170 valence electrons. The van der Waals surface area contributed by atoms with E-state index >= 15 is 0 Å². The summed E-state index contributed by atoms with van der Waals surface area (Å²) in [7, 11) is 0. The standard InChI is InChI=1S/C24H21Cl3N4OS/c25-24(26,27)22(29-20(32)13-12-17-7-2-1-3-8-17)31-16-6-15-30(23(31)33)19-11-4-9-18-10-5-14-28-21(18)19/h1-5,7-14,22H,6,15-16H2,(H,29,32)/b13-12+. The number of benzene rings is 2. The number of nitrogens with zero attached hydrogens (tertiary/aromatic N) is 3. The van der Waals surface area contributed by atoms with E-state index in [1.165, 1.54) is 6.08 Å². The highest BCUT2D eigenvalue weighted by Gasteiger charge is 2.42. The largest absolute Gasteiger partial charge is 0.328 e. The van der Waals surface area contributed by atoms with E-state index in [-0.39, 0.29) is 5.91 Å². The van der Waals surface area contributed by atoms with Crippen LogP contribution >= 0.6 is 47.0 Å². The first kappa shape index (κ1) is 23.8. The van der Waals surface area contributed by atoms with Crippen molar-refractivity contribution in [2.45, 2.75) is 16.4 Å². The number of carbonyl (C=O) groups is 1. The molecule has 1 atom stereocenters. The van der Waals surface area contributed by atoms with Gasteiger partial charge in [-0.05, 0) is 42.4 Å². The van der Waals surface area contributed by atoms with Gasteiger partial charge in [0.05, 0.1) is 11.2 Å². The van der Waals surface area contributed by atoms with E-state index in [1.54, 1.807) is 17.2 Å². The van der Waals surface area contributed by atoms with Gasteiger partial charge in [0.1, 0.15) is 0 Å². The molecule has 1 aliphatic heterocycles. The molecule has 2 heterocycles. The van der Waals surface area contributed by atoms with Crippen LogP contribution in [0, 0.1) is 0 Å². The third kappa shape index (κ3) is 5.58. The molecule has 1 N–H and O–H groups in total. The molecule has 0 aliphatic carbocycles. The van der Waals surface area contributed by atoms with Crippen LogP contribution in [0.3, 0.4) is 0 Å². The number of thiocarbonyl (C=S) groups is 1. The van der Waals surface area contributed by atoms with Crippen LogP contribution in [-0.4, -0.2) is 44.0 Å². The number of rotatable bonds is 5. The number of carbonyl (C=O) groups excluding carboxylic acids is 1. The highest BCUT2D eigenvalue weighted by Crippen LogP contribution is 2.35. The summed E-state index contributed by atoms with van der Waals surface area (Å²) in [6.07, 6.45) is 4.68. The molecule has 0 spiro atoms. The zero-order chi connectivity index (χ0) is 23.4. The second-order valence-electron chi connectivity index (χ2n) is 7.53. The molecule has 1 aliphatic rings. The van der Waals surface area contributed by atoms with Gasteiger partial charge in [-0.15, -0.1) is 0 Å². The maximum absolute atomic E-state index is 12.7. The molecule has 1 amide bonds. The van der Waals surface area contributed by atoms with E-state index in [1.807, 2.05) is 65.6 Å². The maximum atomic E-state index is 12.7. The lowest BCUT2D eigenvalue weighted by Gasteiger charge is -2.44. The minimum atomic E-state index is -1.81.